The molecular formula is C10H16N2O3. The molecule has 2 heterocycles. The molecule has 2 fully saturated rings. The van der Waals surface area contributed by atoms with Crippen LogP contribution in [0, 0.1) is 0 Å². The summed E-state index contributed by atoms with van der Waals surface area (Å²) >= 11 is 0. The fourth-order valence-corrected chi connectivity index (χ4v) is 2.13. The van der Waals surface area contributed by atoms with Crippen molar-refractivity contribution in [3.8, 4) is 0 Å². The lowest BCUT2D eigenvalue weighted by Gasteiger charge is -2.42. The third kappa shape index (κ3) is 2.03. The van der Waals surface area contributed by atoms with Crippen LogP contribution >= 0.6 is 0 Å². The minimum Gasteiger partial charge on any atom is -0.352 e. The summed E-state index contributed by atoms with van der Waals surface area (Å²) in [6, 6.07) is 0. The summed E-state index contributed by atoms with van der Waals surface area (Å²) in [5.74, 6) is -0.517. The van der Waals surface area contributed by atoms with Crippen molar-refractivity contribution in [2.45, 2.75) is 31.5 Å². The van der Waals surface area contributed by atoms with Crippen molar-refractivity contribution in [3.63, 3.8) is 0 Å². The van der Waals surface area contributed by atoms with Crippen molar-refractivity contribution in [2.75, 3.05) is 19.6 Å². The smallest absolute Gasteiger partial charge is 0.256 e. The van der Waals surface area contributed by atoms with E-state index in [0.717, 1.165) is 25.9 Å². The maximum Gasteiger partial charge on any atom is 0.256 e. The van der Waals surface area contributed by atoms with Crippen LogP contribution in [-0.2, 0) is 14.3 Å². The number of Topliss-reactive ketones (excluding diaryl/α,β-unsaturated/α-hetero) is 1. The van der Waals surface area contributed by atoms with Gasteiger partial charge in [0.1, 0.15) is 0 Å². The molecule has 84 valence electrons. The zero-order chi connectivity index (χ0) is 10.9. The first kappa shape index (κ1) is 10.6. The molecular weight excluding hydrogens is 196 g/mol. The van der Waals surface area contributed by atoms with E-state index in [1.807, 2.05) is 0 Å². The number of carbonyl (C=O) groups excluding carboxylic acids is 2. The van der Waals surface area contributed by atoms with E-state index in [0.29, 0.717) is 6.54 Å². The van der Waals surface area contributed by atoms with Crippen molar-refractivity contribution in [2.24, 2.45) is 0 Å². The number of rotatable bonds is 1. The molecule has 0 aromatic heterocycles. The highest BCUT2D eigenvalue weighted by molar-refractivity contribution is 6.03. The Morgan fingerprint density at radius 1 is 1.47 bits per heavy atom. The number of ketones is 1. The number of carbonyl (C=O) groups is 2. The number of amides is 1. The number of hydrogen-bond donors (Lipinski definition) is 2. The molecule has 1 unspecified atom stereocenters. The van der Waals surface area contributed by atoms with E-state index in [1.165, 1.54) is 6.92 Å². The van der Waals surface area contributed by atoms with Crippen molar-refractivity contribution < 1.29 is 14.3 Å². The Kier molecular flexibility index (Phi) is 2.75. The van der Waals surface area contributed by atoms with Gasteiger partial charge in [-0.25, -0.2) is 0 Å². The van der Waals surface area contributed by atoms with Crippen LogP contribution in [0.1, 0.15) is 19.8 Å². The highest BCUT2D eigenvalue weighted by atomic mass is 16.5. The Labute approximate surface area is 88.5 Å². The van der Waals surface area contributed by atoms with Crippen LogP contribution in [-0.4, -0.2) is 43.0 Å². The molecule has 0 bridgehead atoms. The van der Waals surface area contributed by atoms with Crippen LogP contribution in [0.15, 0.2) is 0 Å². The third-order valence-electron chi connectivity index (χ3n) is 3.07. The Hall–Kier alpha value is -0.940. The molecule has 0 saturated carbocycles. The first-order chi connectivity index (χ1) is 7.13. The second-order valence-corrected chi connectivity index (χ2v) is 4.26. The Morgan fingerprint density at radius 3 is 2.73 bits per heavy atom. The van der Waals surface area contributed by atoms with Crippen LogP contribution in [0.4, 0.5) is 0 Å². The number of piperidine rings is 1. The van der Waals surface area contributed by atoms with Gasteiger partial charge in [-0.1, -0.05) is 0 Å². The Bertz CT molecular complexity index is 284. The first-order valence-corrected chi connectivity index (χ1v) is 5.30. The standard InChI is InChI=1S/C10H16N2O3/c1-7(13)8-9(14)12-6-10(15-8)2-4-11-5-3-10/h8,11H,2-6H2,1H3,(H,12,14). The van der Waals surface area contributed by atoms with Crippen LogP contribution in [0.3, 0.4) is 0 Å². The van der Waals surface area contributed by atoms with Crippen LogP contribution in [0.25, 0.3) is 0 Å². The molecule has 2 N–H and O–H groups in total. The SMILES string of the molecule is CC(=O)C1OC2(CCNCC2)CNC1=O. The molecule has 2 saturated heterocycles. The average Bonchev–Trinajstić information content (AvgIpc) is 2.23. The van der Waals surface area contributed by atoms with Crippen molar-refractivity contribution in [3.05, 3.63) is 0 Å². The lowest BCUT2D eigenvalue weighted by Crippen LogP contribution is -2.61. The molecule has 2 rings (SSSR count). The molecule has 0 radical (unpaired) electrons. The van der Waals surface area contributed by atoms with Gasteiger partial charge in [0, 0.05) is 6.54 Å². The molecule has 2 aliphatic rings. The van der Waals surface area contributed by atoms with E-state index in [4.69, 9.17) is 4.74 Å². The Balaban J connectivity index is 2.09. The predicted octanol–water partition coefficient (Wildman–Crippen LogP) is -0.787. The van der Waals surface area contributed by atoms with E-state index in [-0.39, 0.29) is 17.3 Å². The molecule has 5 heteroatoms. The van der Waals surface area contributed by atoms with Gasteiger partial charge in [-0.05, 0) is 32.9 Å². The summed E-state index contributed by atoms with van der Waals surface area (Å²) < 4.78 is 5.69. The zero-order valence-corrected chi connectivity index (χ0v) is 8.84. The van der Waals surface area contributed by atoms with Gasteiger partial charge in [0.2, 0.25) is 0 Å². The number of nitrogens with one attached hydrogen (secondary N) is 2. The minimum atomic E-state index is -0.906. The van der Waals surface area contributed by atoms with Gasteiger partial charge in [0.25, 0.3) is 5.91 Å². The zero-order valence-electron chi connectivity index (χ0n) is 8.84. The van der Waals surface area contributed by atoms with Gasteiger partial charge in [0.15, 0.2) is 11.9 Å². The van der Waals surface area contributed by atoms with Crippen LogP contribution in [0.2, 0.25) is 0 Å². The van der Waals surface area contributed by atoms with E-state index >= 15 is 0 Å². The third-order valence-corrected chi connectivity index (χ3v) is 3.07. The van der Waals surface area contributed by atoms with Crippen LogP contribution < -0.4 is 10.6 Å². The molecule has 0 aliphatic carbocycles. The summed E-state index contributed by atoms with van der Waals surface area (Å²) in [6.45, 7) is 3.67. The summed E-state index contributed by atoms with van der Waals surface area (Å²) in [5, 5.41) is 6.00. The molecule has 1 atom stereocenters. The second-order valence-electron chi connectivity index (χ2n) is 4.26. The molecule has 0 aromatic carbocycles. The summed E-state index contributed by atoms with van der Waals surface area (Å²) in [5.41, 5.74) is -0.324. The quantitative estimate of drug-likeness (QED) is 0.559. The molecule has 2 aliphatic heterocycles. The van der Waals surface area contributed by atoms with Crippen molar-refractivity contribution in [1.82, 2.24) is 10.6 Å². The van der Waals surface area contributed by atoms with Crippen molar-refractivity contribution in [1.29, 1.82) is 0 Å². The monoisotopic (exact) mass is 212 g/mol. The number of ether oxygens (including phenoxy) is 1. The number of hydrogen-bond acceptors (Lipinski definition) is 4. The van der Waals surface area contributed by atoms with Crippen molar-refractivity contribution >= 4 is 11.7 Å². The van der Waals surface area contributed by atoms with E-state index < -0.39 is 6.10 Å². The summed E-state index contributed by atoms with van der Waals surface area (Å²) in [7, 11) is 0. The number of morpholine rings is 1. The Morgan fingerprint density at radius 2 is 2.13 bits per heavy atom. The van der Waals surface area contributed by atoms with E-state index in [1.54, 1.807) is 0 Å². The van der Waals surface area contributed by atoms with Crippen LogP contribution in [0.5, 0.6) is 0 Å². The molecule has 1 amide bonds. The predicted molar refractivity (Wildman–Crippen MR) is 53.4 cm³/mol. The fraction of sp³-hybridized carbons (Fsp3) is 0.800. The second kappa shape index (κ2) is 3.90. The van der Waals surface area contributed by atoms with E-state index in [9.17, 15) is 9.59 Å². The molecule has 1 spiro atoms. The molecule has 5 nitrogen and oxygen atoms in total. The molecule has 15 heavy (non-hydrogen) atoms. The maximum atomic E-state index is 11.4. The maximum absolute atomic E-state index is 11.4. The lowest BCUT2D eigenvalue weighted by molar-refractivity contribution is -0.172. The van der Waals surface area contributed by atoms with Gasteiger partial charge in [-0.2, -0.15) is 0 Å². The topological polar surface area (TPSA) is 67.4 Å². The van der Waals surface area contributed by atoms with Gasteiger partial charge < -0.3 is 15.4 Å². The van der Waals surface area contributed by atoms with Gasteiger partial charge in [-0.15, -0.1) is 0 Å². The highest BCUT2D eigenvalue weighted by Crippen LogP contribution is 2.27. The minimum absolute atomic E-state index is 0.217. The lowest BCUT2D eigenvalue weighted by atomic mass is 9.90. The average molecular weight is 212 g/mol. The van der Waals surface area contributed by atoms with Gasteiger partial charge >= 0.3 is 0 Å². The summed E-state index contributed by atoms with van der Waals surface area (Å²) in [4.78, 5) is 22.6. The molecule has 0 aromatic rings. The fourth-order valence-electron chi connectivity index (χ4n) is 2.13. The largest absolute Gasteiger partial charge is 0.352 e. The summed E-state index contributed by atoms with van der Waals surface area (Å²) in [6.07, 6.45) is 0.783. The van der Waals surface area contributed by atoms with E-state index in [2.05, 4.69) is 10.6 Å². The van der Waals surface area contributed by atoms with Gasteiger partial charge in [-0.3, -0.25) is 9.59 Å². The highest BCUT2D eigenvalue weighted by Gasteiger charge is 2.43. The van der Waals surface area contributed by atoms with Gasteiger partial charge in [0.05, 0.1) is 5.60 Å². The normalized spacial score (nSPS) is 29.9. The first-order valence-electron chi connectivity index (χ1n) is 5.30.